The van der Waals surface area contributed by atoms with Crippen LogP contribution in [0.5, 0.6) is 0 Å². The lowest BCUT2D eigenvalue weighted by molar-refractivity contribution is -0.141. The summed E-state index contributed by atoms with van der Waals surface area (Å²) in [5.74, 6) is -5.29. The highest BCUT2D eigenvalue weighted by Crippen LogP contribution is 2.22. The molecule has 84 heavy (non-hydrogen) atoms. The summed E-state index contributed by atoms with van der Waals surface area (Å²) >= 11 is 0. The maximum absolute atomic E-state index is 14.2. The fourth-order valence-electron chi connectivity index (χ4n) is 9.58. The molecule has 0 bridgehead atoms. The van der Waals surface area contributed by atoms with E-state index in [1.165, 1.54) is 0 Å². The molecule has 20 heteroatoms. The minimum absolute atomic E-state index is 0.0332. The molecule has 4 atom stereocenters. The second-order valence-electron chi connectivity index (χ2n) is 22.4. The molecule has 20 nitrogen and oxygen atoms in total. The van der Waals surface area contributed by atoms with E-state index in [4.69, 9.17) is 19.8 Å². The van der Waals surface area contributed by atoms with Gasteiger partial charge in [0.25, 0.3) is 0 Å². The number of ether oxygens (including phenoxy) is 1. The molecule has 3 aromatic carbocycles. The standard InChI is InChI=1S/C64H86N6O14/c1-42(2)36-53-54(37-43(3)4)67-55-40-46(26-28-50(55)66-53)57(73)24-17-23-49(72)32-34-84-35-33-65-61(78)47(38-44-18-11-9-12-19-44)41-58(74)56(39-45-20-13-10-14-21-45)68-59(75)25-16-8-6-5-7-15-22-48(71)27-29-51(62(79)80)69-64(83)70-52(63(81)82)30-31-60(76)77/h9-14,18-21,26,28,40,42-43,47,51-52,56H,5-8,15-17,22-25,27,29-39,41H2,1-4H3,(H,65,78)(H,68,75)(H,76,77)(H,79,80)(H,81,82)(H2,69,70,83)/t47-,51+,52+,56+/m1/s1. The Morgan fingerprint density at radius 1 is 0.512 bits per heavy atom. The summed E-state index contributed by atoms with van der Waals surface area (Å²) in [6.07, 6.45) is 6.21. The monoisotopic (exact) mass is 1160 g/mol. The molecule has 0 spiro atoms. The van der Waals surface area contributed by atoms with Crippen molar-refractivity contribution in [1.82, 2.24) is 31.2 Å². The number of Topliss-reactive ketones (excluding diaryl/α,β-unsaturated/α-hetero) is 4. The average Bonchev–Trinajstić information content (AvgIpc) is 3.48. The Hall–Kier alpha value is -7.74. The number of carbonyl (C=O) groups excluding carboxylic acids is 7. The number of hydrogen-bond donors (Lipinski definition) is 7. The van der Waals surface area contributed by atoms with Crippen molar-refractivity contribution < 1.29 is 68.0 Å². The van der Waals surface area contributed by atoms with E-state index in [9.17, 15) is 58.2 Å². The van der Waals surface area contributed by atoms with Crippen LogP contribution < -0.4 is 21.3 Å². The molecule has 7 N–H and O–H groups in total. The third kappa shape index (κ3) is 27.1. The van der Waals surface area contributed by atoms with Gasteiger partial charge in [-0.15, -0.1) is 0 Å². The van der Waals surface area contributed by atoms with Crippen LogP contribution >= 0.6 is 0 Å². The van der Waals surface area contributed by atoms with Crippen LogP contribution in [-0.4, -0.2) is 122 Å². The van der Waals surface area contributed by atoms with Crippen molar-refractivity contribution in [2.24, 2.45) is 17.8 Å². The van der Waals surface area contributed by atoms with Crippen LogP contribution in [0.15, 0.2) is 78.9 Å². The van der Waals surface area contributed by atoms with E-state index >= 15 is 0 Å². The molecule has 0 radical (unpaired) electrons. The van der Waals surface area contributed by atoms with Gasteiger partial charge in [-0.1, -0.05) is 114 Å². The summed E-state index contributed by atoms with van der Waals surface area (Å²) in [5.41, 5.74) is 5.68. The first kappa shape index (κ1) is 68.8. The quantitative estimate of drug-likeness (QED) is 0.0161. The fourth-order valence-corrected chi connectivity index (χ4v) is 9.58. The number of ketones is 4. The van der Waals surface area contributed by atoms with Crippen LogP contribution in [0.2, 0.25) is 0 Å². The number of amides is 4. The zero-order chi connectivity index (χ0) is 61.4. The van der Waals surface area contributed by atoms with E-state index in [1.54, 1.807) is 12.1 Å². The van der Waals surface area contributed by atoms with Crippen molar-refractivity contribution in [3.8, 4) is 0 Å². The molecular formula is C64H86N6O14. The van der Waals surface area contributed by atoms with Crippen LogP contribution in [0.25, 0.3) is 11.0 Å². The minimum atomic E-state index is -1.55. The van der Waals surface area contributed by atoms with Gasteiger partial charge < -0.3 is 41.3 Å². The van der Waals surface area contributed by atoms with Crippen molar-refractivity contribution in [3.63, 3.8) is 0 Å². The van der Waals surface area contributed by atoms with Gasteiger partial charge in [0, 0.05) is 69.4 Å². The van der Waals surface area contributed by atoms with Gasteiger partial charge in [-0.2, -0.15) is 0 Å². The van der Waals surface area contributed by atoms with Crippen molar-refractivity contribution >= 4 is 69.9 Å². The molecule has 0 aliphatic carbocycles. The number of rotatable bonds is 43. The average molecular weight is 1160 g/mol. The number of carbonyl (C=O) groups is 10. The number of fused-ring (bicyclic) bond motifs is 1. The molecule has 1 aromatic heterocycles. The summed E-state index contributed by atoms with van der Waals surface area (Å²) in [4.78, 5) is 136. The second-order valence-corrected chi connectivity index (χ2v) is 22.4. The molecule has 4 amide bonds. The van der Waals surface area contributed by atoms with E-state index in [0.717, 1.165) is 60.1 Å². The first-order chi connectivity index (χ1) is 40.2. The summed E-state index contributed by atoms with van der Waals surface area (Å²) in [6, 6.07) is 19.1. The summed E-state index contributed by atoms with van der Waals surface area (Å²) < 4.78 is 5.72. The number of benzene rings is 3. The number of nitrogens with zero attached hydrogens (tertiary/aromatic N) is 2. The number of nitrogens with one attached hydrogen (secondary N) is 4. The molecule has 4 rings (SSSR count). The van der Waals surface area contributed by atoms with E-state index in [0.29, 0.717) is 48.6 Å². The minimum Gasteiger partial charge on any atom is -0.481 e. The highest BCUT2D eigenvalue weighted by molar-refractivity contribution is 5.99. The Morgan fingerprint density at radius 3 is 1.63 bits per heavy atom. The van der Waals surface area contributed by atoms with Crippen LogP contribution in [0, 0.1) is 17.8 Å². The van der Waals surface area contributed by atoms with Gasteiger partial charge in [0.05, 0.1) is 41.7 Å². The highest BCUT2D eigenvalue weighted by Gasteiger charge is 2.29. The van der Waals surface area contributed by atoms with E-state index in [1.807, 2.05) is 66.7 Å². The number of carboxylic acid groups (broad SMARTS) is 3. The number of aliphatic carboxylic acids is 3. The number of urea groups is 1. The molecular weight excluding hydrogens is 1080 g/mol. The predicted octanol–water partition coefficient (Wildman–Crippen LogP) is 8.56. The summed E-state index contributed by atoms with van der Waals surface area (Å²) in [6.45, 7) is 9.04. The molecule has 456 valence electrons. The number of unbranched alkanes of at least 4 members (excludes halogenated alkanes) is 5. The van der Waals surface area contributed by atoms with Crippen molar-refractivity contribution in [2.75, 3.05) is 19.8 Å². The lowest BCUT2D eigenvalue weighted by atomic mass is 9.89. The van der Waals surface area contributed by atoms with E-state index in [2.05, 4.69) is 49.0 Å². The zero-order valence-electron chi connectivity index (χ0n) is 49.2. The Morgan fingerprint density at radius 2 is 1.05 bits per heavy atom. The number of carboxylic acids is 3. The first-order valence-corrected chi connectivity index (χ1v) is 29.5. The molecule has 0 fully saturated rings. The van der Waals surface area contributed by atoms with Crippen LogP contribution in [0.3, 0.4) is 0 Å². The predicted molar refractivity (Wildman–Crippen MR) is 316 cm³/mol. The Labute approximate surface area is 492 Å². The lowest BCUT2D eigenvalue weighted by Crippen LogP contribution is -2.51. The molecule has 0 aliphatic heterocycles. The normalized spacial score (nSPS) is 12.7. The molecule has 0 aliphatic rings. The van der Waals surface area contributed by atoms with Crippen LogP contribution in [-0.2, 0) is 68.8 Å². The molecule has 0 saturated carbocycles. The number of aromatic nitrogens is 2. The fraction of sp³-hybridized carbons (Fsp3) is 0.531. The van der Waals surface area contributed by atoms with Gasteiger partial charge in [-0.05, 0) is 98.9 Å². The SMILES string of the molecule is CC(C)Cc1nc2ccc(C(=O)CCCC(=O)CCOCCNC(=O)[C@@H](CC(=O)[C@H](Cc3ccccc3)NC(=O)CCCCCCCCC(=O)CC[C@H](NC(=O)N[C@@H](CCC(=O)O)C(=O)O)C(=O)O)Cc3ccccc3)cc2nc1CC(C)C. The maximum Gasteiger partial charge on any atom is 0.326 e. The Balaban J connectivity index is 1.17. The number of hydrogen-bond acceptors (Lipinski definition) is 13. The van der Waals surface area contributed by atoms with Gasteiger partial charge in [0.2, 0.25) is 11.8 Å². The molecule has 4 aromatic rings. The van der Waals surface area contributed by atoms with Gasteiger partial charge in [-0.25, -0.2) is 24.4 Å². The van der Waals surface area contributed by atoms with Gasteiger partial charge >= 0.3 is 23.9 Å². The largest absolute Gasteiger partial charge is 0.481 e. The van der Waals surface area contributed by atoms with Crippen LogP contribution in [0.4, 0.5) is 4.79 Å². The zero-order valence-corrected chi connectivity index (χ0v) is 49.2. The van der Waals surface area contributed by atoms with Gasteiger partial charge in [0.15, 0.2) is 11.6 Å². The van der Waals surface area contributed by atoms with Crippen molar-refractivity contribution in [1.29, 1.82) is 0 Å². The topological polar surface area (TPSA) is 315 Å². The van der Waals surface area contributed by atoms with Crippen molar-refractivity contribution in [2.45, 2.75) is 181 Å². The van der Waals surface area contributed by atoms with E-state index in [-0.39, 0.29) is 119 Å². The maximum atomic E-state index is 14.2. The van der Waals surface area contributed by atoms with Gasteiger partial charge in [0.1, 0.15) is 23.7 Å². The third-order valence-corrected chi connectivity index (χ3v) is 14.1. The Bertz CT molecular complexity index is 2810. The lowest BCUT2D eigenvalue weighted by Gasteiger charge is -2.22. The highest BCUT2D eigenvalue weighted by atomic mass is 16.5. The van der Waals surface area contributed by atoms with Gasteiger partial charge in [-0.3, -0.25) is 33.6 Å². The summed E-state index contributed by atoms with van der Waals surface area (Å²) in [5, 5.41) is 37.6. The molecule has 0 saturated heterocycles. The smallest absolute Gasteiger partial charge is 0.326 e. The van der Waals surface area contributed by atoms with E-state index < -0.39 is 60.8 Å². The summed E-state index contributed by atoms with van der Waals surface area (Å²) in [7, 11) is 0. The molecule has 0 unspecified atom stereocenters. The second kappa shape index (κ2) is 37.5. The Kier molecular flexibility index (Phi) is 30.7. The van der Waals surface area contributed by atoms with Crippen LogP contribution in [0.1, 0.15) is 170 Å². The molecule has 1 heterocycles. The first-order valence-electron chi connectivity index (χ1n) is 29.5. The van der Waals surface area contributed by atoms with Crippen molar-refractivity contribution in [3.05, 3.63) is 107 Å². The third-order valence-electron chi connectivity index (χ3n) is 14.1.